The number of allylic oxidation sites excluding steroid dienone is 1. The van der Waals surface area contributed by atoms with Gasteiger partial charge in [-0.05, 0) is 25.0 Å². The minimum Gasteiger partial charge on any atom is -0.361 e. The predicted octanol–water partition coefficient (Wildman–Crippen LogP) is 5.06. The summed E-state index contributed by atoms with van der Waals surface area (Å²) in [5, 5.41) is 2.18. The Labute approximate surface area is 139 Å². The van der Waals surface area contributed by atoms with E-state index in [0.29, 0.717) is 0 Å². The number of aldehydes is 1. The third kappa shape index (κ3) is 1.88. The molecule has 3 heteroatoms. The number of hydrogen-bond donors (Lipinski definition) is 2. The molecule has 2 aromatic heterocycles. The SMILES string of the molecule is O=Cc1c(C(=C2CC2)c2c[nH]c3ccccc23)[nH]c2ccccc12. The van der Waals surface area contributed by atoms with E-state index in [9.17, 15) is 4.79 Å². The molecule has 0 aliphatic heterocycles. The van der Waals surface area contributed by atoms with Crippen molar-refractivity contribution in [2.45, 2.75) is 12.8 Å². The largest absolute Gasteiger partial charge is 0.361 e. The Morgan fingerprint density at radius 2 is 1.62 bits per heavy atom. The van der Waals surface area contributed by atoms with Crippen LogP contribution < -0.4 is 0 Å². The standard InChI is InChI=1S/C21H16N2O/c24-12-17-15-6-2-4-8-19(15)23-21(17)20(13-9-10-13)16-11-22-18-7-3-1-5-14(16)18/h1-8,11-12,22-23H,9-10H2. The van der Waals surface area contributed by atoms with Crippen molar-refractivity contribution in [3.8, 4) is 0 Å². The lowest BCUT2D eigenvalue weighted by atomic mass is 9.98. The molecule has 0 unspecified atom stereocenters. The van der Waals surface area contributed by atoms with Gasteiger partial charge in [0.1, 0.15) is 0 Å². The Kier molecular flexibility index (Phi) is 2.77. The second kappa shape index (κ2) is 4.96. The molecule has 1 aliphatic carbocycles. The van der Waals surface area contributed by atoms with Gasteiger partial charge < -0.3 is 9.97 Å². The van der Waals surface area contributed by atoms with E-state index < -0.39 is 0 Å². The molecule has 2 aromatic carbocycles. The van der Waals surface area contributed by atoms with Gasteiger partial charge in [-0.15, -0.1) is 0 Å². The number of aromatic nitrogens is 2. The fraction of sp³-hybridized carbons (Fsp3) is 0.0952. The zero-order chi connectivity index (χ0) is 16.1. The molecule has 0 saturated heterocycles. The number of carbonyl (C=O) groups is 1. The maximum Gasteiger partial charge on any atom is 0.152 e. The van der Waals surface area contributed by atoms with Crippen molar-refractivity contribution in [1.82, 2.24) is 9.97 Å². The molecule has 1 aliphatic rings. The first-order valence-electron chi connectivity index (χ1n) is 8.21. The lowest BCUT2D eigenvalue weighted by Gasteiger charge is -2.06. The first-order chi connectivity index (χ1) is 11.9. The van der Waals surface area contributed by atoms with Gasteiger partial charge in [0, 0.05) is 44.7 Å². The molecule has 0 amide bonds. The van der Waals surface area contributed by atoms with E-state index in [4.69, 9.17) is 0 Å². The summed E-state index contributed by atoms with van der Waals surface area (Å²) in [6, 6.07) is 16.3. The summed E-state index contributed by atoms with van der Waals surface area (Å²) in [4.78, 5) is 18.7. The van der Waals surface area contributed by atoms with Crippen LogP contribution in [0.15, 0.2) is 60.3 Å². The van der Waals surface area contributed by atoms with E-state index in [2.05, 4.69) is 34.4 Å². The van der Waals surface area contributed by atoms with Crippen LogP contribution in [0.2, 0.25) is 0 Å². The highest BCUT2D eigenvalue weighted by molar-refractivity contribution is 6.07. The molecule has 3 nitrogen and oxygen atoms in total. The van der Waals surface area contributed by atoms with Gasteiger partial charge in [0.25, 0.3) is 0 Å². The maximum atomic E-state index is 11.8. The number of benzene rings is 2. The van der Waals surface area contributed by atoms with Gasteiger partial charge in [-0.3, -0.25) is 4.79 Å². The fourth-order valence-corrected chi connectivity index (χ4v) is 3.58. The van der Waals surface area contributed by atoms with Crippen molar-refractivity contribution in [2.24, 2.45) is 0 Å². The molecule has 5 rings (SSSR count). The minimum atomic E-state index is 0.755. The molecule has 0 radical (unpaired) electrons. The smallest absolute Gasteiger partial charge is 0.152 e. The number of carbonyl (C=O) groups excluding carboxylic acids is 1. The van der Waals surface area contributed by atoms with Gasteiger partial charge in [-0.25, -0.2) is 0 Å². The third-order valence-electron chi connectivity index (χ3n) is 4.83. The number of nitrogens with one attached hydrogen (secondary N) is 2. The van der Waals surface area contributed by atoms with Crippen LogP contribution >= 0.6 is 0 Å². The Bertz CT molecular complexity index is 1120. The zero-order valence-electron chi connectivity index (χ0n) is 13.1. The van der Waals surface area contributed by atoms with E-state index in [1.54, 1.807) is 0 Å². The van der Waals surface area contributed by atoms with Crippen molar-refractivity contribution in [2.75, 3.05) is 0 Å². The molecule has 1 saturated carbocycles. The highest BCUT2D eigenvalue weighted by atomic mass is 16.1. The van der Waals surface area contributed by atoms with Gasteiger partial charge >= 0.3 is 0 Å². The third-order valence-corrected chi connectivity index (χ3v) is 4.83. The van der Waals surface area contributed by atoms with Crippen LogP contribution in [0.4, 0.5) is 0 Å². The molecule has 0 spiro atoms. The van der Waals surface area contributed by atoms with Crippen LogP contribution in [0.1, 0.15) is 34.5 Å². The Morgan fingerprint density at radius 3 is 2.38 bits per heavy atom. The van der Waals surface area contributed by atoms with Crippen LogP contribution in [-0.2, 0) is 0 Å². The number of para-hydroxylation sites is 2. The predicted molar refractivity (Wildman–Crippen MR) is 97.2 cm³/mol. The van der Waals surface area contributed by atoms with Crippen molar-refractivity contribution in [3.63, 3.8) is 0 Å². The topological polar surface area (TPSA) is 48.6 Å². The second-order valence-electron chi connectivity index (χ2n) is 6.30. The average Bonchev–Trinajstić information content (AvgIpc) is 3.26. The second-order valence-corrected chi connectivity index (χ2v) is 6.30. The lowest BCUT2D eigenvalue weighted by molar-refractivity contribution is 0.112. The number of aromatic amines is 2. The van der Waals surface area contributed by atoms with Crippen LogP contribution in [0.25, 0.3) is 27.4 Å². The van der Waals surface area contributed by atoms with Gasteiger partial charge in [0.15, 0.2) is 6.29 Å². The number of fused-ring (bicyclic) bond motifs is 2. The number of hydrogen-bond acceptors (Lipinski definition) is 1. The normalized spacial score (nSPS) is 13.6. The van der Waals surface area contributed by atoms with E-state index in [1.807, 2.05) is 30.3 Å². The van der Waals surface area contributed by atoms with Crippen LogP contribution in [0, 0.1) is 0 Å². The fourth-order valence-electron chi connectivity index (χ4n) is 3.58. The van der Waals surface area contributed by atoms with Gasteiger partial charge in [-0.1, -0.05) is 42.0 Å². The highest BCUT2D eigenvalue weighted by Crippen LogP contribution is 2.43. The molecule has 1 fully saturated rings. The first-order valence-corrected chi connectivity index (χ1v) is 8.21. The first kappa shape index (κ1) is 13.4. The molecule has 4 aromatic rings. The summed E-state index contributed by atoms with van der Waals surface area (Å²) in [5.41, 5.74) is 7.60. The summed E-state index contributed by atoms with van der Waals surface area (Å²) in [6.45, 7) is 0. The van der Waals surface area contributed by atoms with Crippen molar-refractivity contribution >= 4 is 33.7 Å². The molecule has 0 bridgehead atoms. The highest BCUT2D eigenvalue weighted by Gasteiger charge is 2.26. The van der Waals surface area contributed by atoms with Crippen LogP contribution in [-0.4, -0.2) is 16.3 Å². The summed E-state index contributed by atoms with van der Waals surface area (Å²) in [7, 11) is 0. The van der Waals surface area contributed by atoms with E-state index in [1.165, 1.54) is 22.1 Å². The maximum absolute atomic E-state index is 11.8. The van der Waals surface area contributed by atoms with Crippen molar-refractivity contribution in [1.29, 1.82) is 0 Å². The molecular formula is C21H16N2O. The number of rotatable bonds is 3. The molecule has 116 valence electrons. The van der Waals surface area contributed by atoms with Gasteiger partial charge in [0.05, 0.1) is 5.69 Å². The quantitative estimate of drug-likeness (QED) is 0.510. The van der Waals surface area contributed by atoms with E-state index in [-0.39, 0.29) is 0 Å². The monoisotopic (exact) mass is 312 g/mol. The Morgan fingerprint density at radius 1 is 0.917 bits per heavy atom. The minimum absolute atomic E-state index is 0.755. The molecular weight excluding hydrogens is 296 g/mol. The molecule has 2 heterocycles. The summed E-state index contributed by atoms with van der Waals surface area (Å²) in [6.07, 6.45) is 5.24. The average molecular weight is 312 g/mol. The summed E-state index contributed by atoms with van der Waals surface area (Å²) < 4.78 is 0. The zero-order valence-corrected chi connectivity index (χ0v) is 13.1. The Balaban J connectivity index is 1.83. The molecule has 2 N–H and O–H groups in total. The van der Waals surface area contributed by atoms with E-state index >= 15 is 0 Å². The van der Waals surface area contributed by atoms with Crippen LogP contribution in [0.5, 0.6) is 0 Å². The van der Waals surface area contributed by atoms with Crippen LogP contribution in [0.3, 0.4) is 0 Å². The summed E-state index contributed by atoms with van der Waals surface area (Å²) in [5.74, 6) is 0. The Hall–Kier alpha value is -3.07. The van der Waals surface area contributed by atoms with Gasteiger partial charge in [-0.2, -0.15) is 0 Å². The van der Waals surface area contributed by atoms with Gasteiger partial charge in [0.2, 0.25) is 0 Å². The molecule has 0 atom stereocenters. The van der Waals surface area contributed by atoms with Crippen molar-refractivity contribution in [3.05, 3.63) is 77.1 Å². The summed E-state index contributed by atoms with van der Waals surface area (Å²) >= 11 is 0. The van der Waals surface area contributed by atoms with E-state index in [0.717, 1.165) is 46.8 Å². The lowest BCUT2D eigenvalue weighted by Crippen LogP contribution is -1.92. The van der Waals surface area contributed by atoms with Crippen molar-refractivity contribution < 1.29 is 4.79 Å². The number of H-pyrrole nitrogens is 2. The molecule has 24 heavy (non-hydrogen) atoms.